The van der Waals surface area contributed by atoms with Gasteiger partial charge < -0.3 is 9.47 Å². The fraction of sp³-hybridized carbons (Fsp3) is 0.250. The summed E-state index contributed by atoms with van der Waals surface area (Å²) in [6, 6.07) is 4.05. The van der Waals surface area contributed by atoms with Gasteiger partial charge in [-0.15, -0.1) is 0 Å². The molecular formula is C12H13FO3. The van der Waals surface area contributed by atoms with Gasteiger partial charge in [-0.1, -0.05) is 0 Å². The van der Waals surface area contributed by atoms with Crippen molar-refractivity contribution in [3.8, 4) is 5.75 Å². The van der Waals surface area contributed by atoms with E-state index in [1.165, 1.54) is 31.6 Å². The van der Waals surface area contributed by atoms with Crippen molar-refractivity contribution in [2.45, 2.75) is 6.92 Å². The summed E-state index contributed by atoms with van der Waals surface area (Å²) >= 11 is 0. The van der Waals surface area contributed by atoms with Crippen LogP contribution in [-0.4, -0.2) is 19.5 Å². The Balaban J connectivity index is 2.81. The monoisotopic (exact) mass is 224 g/mol. The van der Waals surface area contributed by atoms with Crippen LogP contribution in [0.4, 0.5) is 4.39 Å². The van der Waals surface area contributed by atoms with Crippen LogP contribution in [0.15, 0.2) is 30.5 Å². The molecule has 0 N–H and O–H groups in total. The zero-order chi connectivity index (χ0) is 12.0. The van der Waals surface area contributed by atoms with Gasteiger partial charge in [0, 0.05) is 11.6 Å². The highest BCUT2D eigenvalue weighted by molar-refractivity contribution is 6.04. The molecule has 0 heterocycles. The molecule has 0 saturated heterocycles. The minimum atomic E-state index is -0.557. The summed E-state index contributed by atoms with van der Waals surface area (Å²) in [4.78, 5) is 11.5. The molecule has 16 heavy (non-hydrogen) atoms. The Labute approximate surface area is 93.5 Å². The first-order valence-electron chi connectivity index (χ1n) is 4.85. The molecule has 0 radical (unpaired) electrons. The summed E-state index contributed by atoms with van der Waals surface area (Å²) in [5.74, 6) is -0.751. The first-order chi connectivity index (χ1) is 7.69. The smallest absolute Gasteiger partial charge is 0.188 e. The van der Waals surface area contributed by atoms with Crippen molar-refractivity contribution in [2.24, 2.45) is 0 Å². The summed E-state index contributed by atoms with van der Waals surface area (Å²) in [5, 5.41) is 0. The largest absolute Gasteiger partial charge is 0.501 e. The second-order valence-corrected chi connectivity index (χ2v) is 2.97. The Morgan fingerprint density at radius 3 is 2.81 bits per heavy atom. The Bertz CT molecular complexity index is 399. The lowest BCUT2D eigenvalue weighted by Crippen LogP contribution is -1.97. The van der Waals surface area contributed by atoms with E-state index in [4.69, 9.17) is 9.47 Å². The lowest BCUT2D eigenvalue weighted by molar-refractivity contribution is 0.104. The van der Waals surface area contributed by atoms with E-state index in [9.17, 15) is 9.18 Å². The van der Waals surface area contributed by atoms with E-state index in [0.717, 1.165) is 6.07 Å². The zero-order valence-corrected chi connectivity index (χ0v) is 9.20. The standard InChI is InChI=1S/C12H13FO3/c1-3-16-7-6-11(14)9-4-5-12(15-2)10(13)8-9/h4-8H,3H2,1-2H3. The van der Waals surface area contributed by atoms with E-state index < -0.39 is 5.82 Å². The van der Waals surface area contributed by atoms with Crippen LogP contribution < -0.4 is 4.74 Å². The summed E-state index contributed by atoms with van der Waals surface area (Å²) in [6.07, 6.45) is 2.55. The molecule has 1 aromatic rings. The number of halogens is 1. The van der Waals surface area contributed by atoms with Crippen LogP contribution in [0.25, 0.3) is 0 Å². The summed E-state index contributed by atoms with van der Waals surface area (Å²) < 4.78 is 22.9. The Hall–Kier alpha value is -1.84. The Morgan fingerprint density at radius 2 is 2.25 bits per heavy atom. The summed E-state index contributed by atoms with van der Waals surface area (Å²) in [7, 11) is 1.37. The first-order valence-corrected chi connectivity index (χ1v) is 4.85. The van der Waals surface area contributed by atoms with Crippen molar-refractivity contribution < 1.29 is 18.7 Å². The van der Waals surface area contributed by atoms with Gasteiger partial charge >= 0.3 is 0 Å². The summed E-state index contributed by atoms with van der Waals surface area (Å²) in [6.45, 7) is 2.29. The molecule has 0 aromatic heterocycles. The molecular weight excluding hydrogens is 211 g/mol. The molecule has 0 saturated carbocycles. The van der Waals surface area contributed by atoms with Crippen molar-refractivity contribution in [3.05, 3.63) is 41.9 Å². The molecule has 0 aliphatic heterocycles. The number of hydrogen-bond donors (Lipinski definition) is 0. The lowest BCUT2D eigenvalue weighted by atomic mass is 10.1. The number of ether oxygens (including phenoxy) is 2. The van der Waals surface area contributed by atoms with Gasteiger partial charge in [-0.2, -0.15) is 0 Å². The van der Waals surface area contributed by atoms with Crippen molar-refractivity contribution >= 4 is 5.78 Å². The van der Waals surface area contributed by atoms with Gasteiger partial charge in [0.15, 0.2) is 17.3 Å². The average molecular weight is 224 g/mol. The number of carbonyl (C=O) groups excluding carboxylic acids is 1. The minimum absolute atomic E-state index is 0.116. The number of ketones is 1. The van der Waals surface area contributed by atoms with Gasteiger partial charge in [0.05, 0.1) is 20.0 Å². The molecule has 0 atom stereocenters. The Morgan fingerprint density at radius 1 is 1.50 bits per heavy atom. The van der Waals surface area contributed by atoms with E-state index in [0.29, 0.717) is 6.61 Å². The van der Waals surface area contributed by atoms with Crippen molar-refractivity contribution in [1.82, 2.24) is 0 Å². The van der Waals surface area contributed by atoms with Crippen LogP contribution in [0.1, 0.15) is 17.3 Å². The highest BCUT2D eigenvalue weighted by Gasteiger charge is 2.07. The predicted molar refractivity (Wildman–Crippen MR) is 58.0 cm³/mol. The van der Waals surface area contributed by atoms with Crippen molar-refractivity contribution in [3.63, 3.8) is 0 Å². The molecule has 0 aliphatic carbocycles. The van der Waals surface area contributed by atoms with Crippen LogP contribution in [0, 0.1) is 5.82 Å². The maximum atomic E-state index is 13.3. The highest BCUT2D eigenvalue weighted by Crippen LogP contribution is 2.18. The maximum absolute atomic E-state index is 13.3. The number of rotatable bonds is 5. The molecule has 4 heteroatoms. The van der Waals surface area contributed by atoms with Gasteiger partial charge in [0.2, 0.25) is 0 Å². The fourth-order valence-corrected chi connectivity index (χ4v) is 1.12. The fourth-order valence-electron chi connectivity index (χ4n) is 1.12. The number of hydrogen-bond acceptors (Lipinski definition) is 3. The second-order valence-electron chi connectivity index (χ2n) is 2.97. The quantitative estimate of drug-likeness (QED) is 0.438. The van der Waals surface area contributed by atoms with Gasteiger partial charge in [0.25, 0.3) is 0 Å². The molecule has 0 unspecified atom stereocenters. The highest BCUT2D eigenvalue weighted by atomic mass is 19.1. The molecule has 0 fully saturated rings. The number of methoxy groups -OCH3 is 1. The molecule has 0 spiro atoms. The third-order valence-electron chi connectivity index (χ3n) is 1.92. The molecule has 0 amide bonds. The van der Waals surface area contributed by atoms with E-state index in [1.54, 1.807) is 0 Å². The number of allylic oxidation sites excluding steroid dienone is 1. The summed E-state index contributed by atoms with van der Waals surface area (Å²) in [5.41, 5.74) is 0.259. The topological polar surface area (TPSA) is 35.5 Å². The van der Waals surface area contributed by atoms with Gasteiger partial charge in [-0.05, 0) is 25.1 Å². The SMILES string of the molecule is CCOC=CC(=O)c1ccc(OC)c(F)c1. The van der Waals surface area contributed by atoms with E-state index in [1.807, 2.05) is 6.92 Å². The lowest BCUT2D eigenvalue weighted by Gasteiger charge is -2.02. The third-order valence-corrected chi connectivity index (χ3v) is 1.92. The molecule has 3 nitrogen and oxygen atoms in total. The van der Waals surface area contributed by atoms with E-state index >= 15 is 0 Å². The van der Waals surface area contributed by atoms with Gasteiger partial charge in [-0.25, -0.2) is 4.39 Å². The molecule has 1 rings (SSSR count). The zero-order valence-electron chi connectivity index (χ0n) is 9.20. The normalized spacial score (nSPS) is 10.4. The first kappa shape index (κ1) is 12.2. The molecule has 0 aliphatic rings. The van der Waals surface area contributed by atoms with Crippen LogP contribution >= 0.6 is 0 Å². The van der Waals surface area contributed by atoms with Crippen LogP contribution in [0.2, 0.25) is 0 Å². The molecule has 1 aromatic carbocycles. The van der Waals surface area contributed by atoms with E-state index in [2.05, 4.69) is 0 Å². The average Bonchev–Trinajstić information content (AvgIpc) is 2.29. The Kier molecular flexibility index (Phi) is 4.51. The number of carbonyl (C=O) groups is 1. The molecule has 0 bridgehead atoms. The van der Waals surface area contributed by atoms with Crippen molar-refractivity contribution in [2.75, 3.05) is 13.7 Å². The van der Waals surface area contributed by atoms with Crippen LogP contribution in [-0.2, 0) is 4.74 Å². The maximum Gasteiger partial charge on any atom is 0.188 e. The van der Waals surface area contributed by atoms with Crippen molar-refractivity contribution in [1.29, 1.82) is 0 Å². The van der Waals surface area contributed by atoms with Crippen LogP contribution in [0.5, 0.6) is 5.75 Å². The number of benzene rings is 1. The second kappa shape index (κ2) is 5.90. The third kappa shape index (κ3) is 3.08. The van der Waals surface area contributed by atoms with Gasteiger partial charge in [-0.3, -0.25) is 4.79 Å². The van der Waals surface area contributed by atoms with E-state index in [-0.39, 0.29) is 17.1 Å². The van der Waals surface area contributed by atoms with Gasteiger partial charge in [0.1, 0.15) is 0 Å². The predicted octanol–water partition coefficient (Wildman–Crippen LogP) is 2.57. The van der Waals surface area contributed by atoms with Crippen LogP contribution in [0.3, 0.4) is 0 Å². The minimum Gasteiger partial charge on any atom is -0.501 e. The molecule has 86 valence electrons.